The first kappa shape index (κ1) is 12.9. The van der Waals surface area contributed by atoms with Crippen LogP contribution in [-0.4, -0.2) is 26.8 Å². The summed E-state index contributed by atoms with van der Waals surface area (Å²) < 4.78 is 7.47. The molecule has 1 saturated carbocycles. The Kier molecular flexibility index (Phi) is 3.54. The molecular formula is C14H19N5O. The van der Waals surface area contributed by atoms with E-state index in [0.29, 0.717) is 18.1 Å². The first-order valence-electron chi connectivity index (χ1n) is 7.07. The molecule has 2 N–H and O–H groups in total. The lowest BCUT2D eigenvalue weighted by atomic mass is 10.1. The second-order valence-corrected chi connectivity index (χ2v) is 5.11. The fraction of sp³-hybridized carbons (Fsp3) is 0.500. The van der Waals surface area contributed by atoms with Gasteiger partial charge < -0.3 is 10.5 Å². The van der Waals surface area contributed by atoms with Crippen molar-refractivity contribution in [2.45, 2.75) is 32.7 Å². The van der Waals surface area contributed by atoms with Crippen LogP contribution in [0.1, 0.15) is 26.2 Å². The zero-order valence-electron chi connectivity index (χ0n) is 11.6. The molecule has 1 heterocycles. The van der Waals surface area contributed by atoms with Crippen molar-refractivity contribution in [2.24, 2.45) is 5.92 Å². The van der Waals surface area contributed by atoms with Crippen LogP contribution >= 0.6 is 0 Å². The third kappa shape index (κ3) is 2.59. The molecule has 0 atom stereocenters. The molecule has 2 aromatic rings. The van der Waals surface area contributed by atoms with E-state index < -0.39 is 0 Å². The summed E-state index contributed by atoms with van der Waals surface area (Å²) in [5.41, 5.74) is 7.52. The largest absolute Gasteiger partial charge is 0.493 e. The van der Waals surface area contributed by atoms with Crippen LogP contribution in [0.2, 0.25) is 0 Å². The molecular weight excluding hydrogens is 254 g/mol. The Labute approximate surface area is 117 Å². The summed E-state index contributed by atoms with van der Waals surface area (Å²) in [5, 5.41) is 12.0. The van der Waals surface area contributed by atoms with Gasteiger partial charge in [-0.3, -0.25) is 0 Å². The minimum absolute atomic E-state index is 0.583. The van der Waals surface area contributed by atoms with Crippen molar-refractivity contribution in [2.75, 3.05) is 12.3 Å². The SMILES string of the molecule is CCOc1cccc(N)c1-c1nnnn1CCC1CC1. The summed E-state index contributed by atoms with van der Waals surface area (Å²) in [6, 6.07) is 5.62. The lowest BCUT2D eigenvalue weighted by Gasteiger charge is -2.12. The molecule has 1 aromatic heterocycles. The summed E-state index contributed by atoms with van der Waals surface area (Å²) in [5.74, 6) is 2.26. The van der Waals surface area contributed by atoms with Crippen molar-refractivity contribution in [3.63, 3.8) is 0 Å². The number of hydrogen-bond donors (Lipinski definition) is 1. The molecule has 1 fully saturated rings. The van der Waals surface area contributed by atoms with Gasteiger partial charge in [-0.05, 0) is 41.8 Å². The lowest BCUT2D eigenvalue weighted by Crippen LogP contribution is -2.06. The molecule has 1 aliphatic rings. The Bertz CT molecular complexity index is 591. The minimum atomic E-state index is 0.583. The van der Waals surface area contributed by atoms with Gasteiger partial charge in [0.2, 0.25) is 0 Å². The van der Waals surface area contributed by atoms with Crippen LogP contribution in [0, 0.1) is 5.92 Å². The van der Waals surface area contributed by atoms with Gasteiger partial charge in [-0.2, -0.15) is 0 Å². The highest BCUT2D eigenvalue weighted by Crippen LogP contribution is 2.35. The molecule has 0 saturated heterocycles. The molecule has 0 bridgehead atoms. The molecule has 3 rings (SSSR count). The number of nitrogen functional groups attached to an aromatic ring is 1. The number of aromatic nitrogens is 4. The number of tetrazole rings is 1. The van der Waals surface area contributed by atoms with Gasteiger partial charge >= 0.3 is 0 Å². The van der Waals surface area contributed by atoms with Crippen LogP contribution in [0.3, 0.4) is 0 Å². The van der Waals surface area contributed by atoms with Crippen molar-refractivity contribution in [3.8, 4) is 17.1 Å². The van der Waals surface area contributed by atoms with Gasteiger partial charge in [0, 0.05) is 12.2 Å². The topological polar surface area (TPSA) is 78.8 Å². The predicted molar refractivity (Wildman–Crippen MR) is 76.2 cm³/mol. The summed E-state index contributed by atoms with van der Waals surface area (Å²) in [7, 11) is 0. The number of benzene rings is 1. The summed E-state index contributed by atoms with van der Waals surface area (Å²) in [6.45, 7) is 3.36. The summed E-state index contributed by atoms with van der Waals surface area (Å²) in [6.07, 6.45) is 3.78. The average molecular weight is 273 g/mol. The maximum Gasteiger partial charge on any atom is 0.187 e. The molecule has 6 nitrogen and oxygen atoms in total. The van der Waals surface area contributed by atoms with Crippen LogP contribution in [0.15, 0.2) is 18.2 Å². The second kappa shape index (κ2) is 5.48. The molecule has 106 valence electrons. The van der Waals surface area contributed by atoms with Crippen LogP contribution in [0.5, 0.6) is 5.75 Å². The fourth-order valence-electron chi connectivity index (χ4n) is 2.31. The first-order valence-corrected chi connectivity index (χ1v) is 7.07. The average Bonchev–Trinajstić information content (AvgIpc) is 3.16. The number of nitrogens with two attached hydrogens (primary N) is 1. The van der Waals surface area contributed by atoms with Crippen molar-refractivity contribution >= 4 is 5.69 Å². The van der Waals surface area contributed by atoms with Crippen LogP contribution in [-0.2, 0) is 6.54 Å². The number of nitrogens with zero attached hydrogens (tertiary/aromatic N) is 4. The molecule has 1 aliphatic carbocycles. The maximum absolute atomic E-state index is 6.09. The second-order valence-electron chi connectivity index (χ2n) is 5.11. The van der Waals surface area contributed by atoms with Gasteiger partial charge in [-0.25, -0.2) is 4.68 Å². The zero-order chi connectivity index (χ0) is 13.9. The molecule has 0 radical (unpaired) electrons. The Morgan fingerprint density at radius 2 is 2.25 bits per heavy atom. The molecule has 6 heteroatoms. The normalized spacial score (nSPS) is 14.4. The fourth-order valence-corrected chi connectivity index (χ4v) is 2.31. The van der Waals surface area contributed by atoms with E-state index in [1.54, 1.807) is 0 Å². The Morgan fingerprint density at radius 1 is 1.40 bits per heavy atom. The van der Waals surface area contributed by atoms with E-state index >= 15 is 0 Å². The van der Waals surface area contributed by atoms with Crippen LogP contribution < -0.4 is 10.5 Å². The van der Waals surface area contributed by atoms with Gasteiger partial charge in [0.1, 0.15) is 5.75 Å². The minimum Gasteiger partial charge on any atom is -0.493 e. The number of ether oxygens (including phenoxy) is 1. The lowest BCUT2D eigenvalue weighted by molar-refractivity contribution is 0.341. The van der Waals surface area contributed by atoms with Gasteiger partial charge in [-0.15, -0.1) is 5.10 Å². The monoisotopic (exact) mass is 273 g/mol. The molecule has 1 aromatic carbocycles. The van der Waals surface area contributed by atoms with Crippen molar-refractivity contribution in [3.05, 3.63) is 18.2 Å². The molecule has 0 aliphatic heterocycles. The van der Waals surface area contributed by atoms with Crippen molar-refractivity contribution < 1.29 is 4.74 Å². The molecule has 0 amide bonds. The van der Waals surface area contributed by atoms with E-state index in [9.17, 15) is 0 Å². The van der Waals surface area contributed by atoms with Gasteiger partial charge in [-0.1, -0.05) is 18.9 Å². The molecule has 0 spiro atoms. The third-order valence-electron chi connectivity index (χ3n) is 3.56. The predicted octanol–water partition coefficient (Wildman–Crippen LogP) is 2.12. The molecule has 0 unspecified atom stereocenters. The number of aryl methyl sites for hydroxylation is 1. The third-order valence-corrected chi connectivity index (χ3v) is 3.56. The maximum atomic E-state index is 6.09. The van der Waals surface area contributed by atoms with E-state index in [1.807, 2.05) is 29.8 Å². The van der Waals surface area contributed by atoms with Gasteiger partial charge in [0.25, 0.3) is 0 Å². The zero-order valence-corrected chi connectivity index (χ0v) is 11.6. The van der Waals surface area contributed by atoms with E-state index in [-0.39, 0.29) is 0 Å². The van der Waals surface area contributed by atoms with E-state index in [0.717, 1.165) is 30.2 Å². The number of hydrogen-bond acceptors (Lipinski definition) is 5. The van der Waals surface area contributed by atoms with Crippen molar-refractivity contribution in [1.29, 1.82) is 0 Å². The summed E-state index contributed by atoms with van der Waals surface area (Å²) >= 11 is 0. The number of anilines is 1. The number of rotatable bonds is 6. The standard InChI is InChI=1S/C14H19N5O/c1-2-20-12-5-3-4-11(15)13(12)14-16-17-18-19(14)9-8-10-6-7-10/h3-5,10H,2,6-9,15H2,1H3. The Balaban J connectivity index is 1.93. The first-order chi connectivity index (χ1) is 9.79. The van der Waals surface area contributed by atoms with E-state index in [4.69, 9.17) is 10.5 Å². The smallest absolute Gasteiger partial charge is 0.187 e. The highest BCUT2D eigenvalue weighted by Gasteiger charge is 2.23. The van der Waals surface area contributed by atoms with E-state index in [1.165, 1.54) is 12.8 Å². The highest BCUT2D eigenvalue weighted by molar-refractivity contribution is 5.77. The van der Waals surface area contributed by atoms with Crippen LogP contribution in [0.4, 0.5) is 5.69 Å². The molecule has 20 heavy (non-hydrogen) atoms. The van der Waals surface area contributed by atoms with Crippen LogP contribution in [0.25, 0.3) is 11.4 Å². The van der Waals surface area contributed by atoms with Crippen molar-refractivity contribution in [1.82, 2.24) is 20.2 Å². The Hall–Kier alpha value is -2.11. The summed E-state index contributed by atoms with van der Waals surface area (Å²) in [4.78, 5) is 0. The van der Waals surface area contributed by atoms with Gasteiger partial charge in [0.15, 0.2) is 5.82 Å². The van der Waals surface area contributed by atoms with Gasteiger partial charge in [0.05, 0.1) is 12.2 Å². The highest BCUT2D eigenvalue weighted by atomic mass is 16.5. The Morgan fingerprint density at radius 3 is 3.00 bits per heavy atom. The van der Waals surface area contributed by atoms with E-state index in [2.05, 4.69) is 15.5 Å². The quantitative estimate of drug-likeness (QED) is 0.815.